The second kappa shape index (κ2) is 8.89. The summed E-state index contributed by atoms with van der Waals surface area (Å²) >= 11 is 15.4. The van der Waals surface area contributed by atoms with Crippen LogP contribution < -0.4 is 4.31 Å². The first-order valence-electron chi connectivity index (χ1n) is 8.26. The van der Waals surface area contributed by atoms with E-state index in [1.165, 1.54) is 24.3 Å². The molecule has 0 saturated heterocycles. The van der Waals surface area contributed by atoms with Gasteiger partial charge < -0.3 is 0 Å². The molecule has 30 heavy (non-hydrogen) atoms. The summed E-state index contributed by atoms with van der Waals surface area (Å²) in [5.41, 5.74) is -0.306. The lowest BCUT2D eigenvalue weighted by Crippen LogP contribution is -2.31. The van der Waals surface area contributed by atoms with Gasteiger partial charge in [0.1, 0.15) is 10.7 Å². The third kappa shape index (κ3) is 4.59. The van der Waals surface area contributed by atoms with Gasteiger partial charge in [0.05, 0.1) is 27.2 Å². The number of non-ortho nitro benzene ring substituents is 1. The number of hydrogen-bond acceptors (Lipinski definition) is 4. The van der Waals surface area contributed by atoms with Gasteiger partial charge in [-0.3, -0.25) is 14.4 Å². The molecule has 0 aromatic heterocycles. The molecular weight excluding hydrogens is 522 g/mol. The van der Waals surface area contributed by atoms with Crippen LogP contribution in [-0.2, 0) is 16.6 Å². The number of nitro groups is 1. The van der Waals surface area contributed by atoms with Crippen molar-refractivity contribution in [2.24, 2.45) is 0 Å². The molecule has 11 heteroatoms. The van der Waals surface area contributed by atoms with Gasteiger partial charge in [-0.25, -0.2) is 12.8 Å². The zero-order valence-corrected chi connectivity index (χ0v) is 18.8. The molecule has 0 unspecified atom stereocenters. The molecule has 0 aliphatic rings. The van der Waals surface area contributed by atoms with Crippen LogP contribution in [0.15, 0.2) is 70.0 Å². The molecule has 0 aliphatic heterocycles. The Bertz CT molecular complexity index is 1240. The average molecular weight is 534 g/mol. The number of nitrogens with zero attached hydrogens (tertiary/aromatic N) is 2. The number of sulfonamides is 1. The van der Waals surface area contributed by atoms with Crippen molar-refractivity contribution in [2.75, 3.05) is 4.31 Å². The number of para-hydroxylation sites is 1. The molecule has 0 N–H and O–H groups in total. The van der Waals surface area contributed by atoms with E-state index in [1.54, 1.807) is 18.2 Å². The van der Waals surface area contributed by atoms with Crippen LogP contribution in [-0.4, -0.2) is 13.3 Å². The molecule has 0 radical (unpaired) electrons. The number of benzene rings is 3. The van der Waals surface area contributed by atoms with Crippen molar-refractivity contribution in [1.82, 2.24) is 0 Å². The Morgan fingerprint density at radius 2 is 1.73 bits per heavy atom. The van der Waals surface area contributed by atoms with Crippen LogP contribution >= 0.6 is 39.1 Å². The maximum atomic E-state index is 14.5. The molecule has 0 heterocycles. The largest absolute Gasteiger partial charge is 0.270 e. The Hall–Kier alpha value is -2.20. The van der Waals surface area contributed by atoms with E-state index in [1.807, 2.05) is 0 Å². The number of halogens is 4. The molecular formula is C19H12BrCl2FN2O4S. The summed E-state index contributed by atoms with van der Waals surface area (Å²) in [5, 5.41) is 11.0. The van der Waals surface area contributed by atoms with Crippen LogP contribution in [0.25, 0.3) is 0 Å². The van der Waals surface area contributed by atoms with Crippen LogP contribution in [0.2, 0.25) is 10.0 Å². The van der Waals surface area contributed by atoms with Crippen molar-refractivity contribution in [3.63, 3.8) is 0 Å². The molecule has 3 rings (SSSR count). The van der Waals surface area contributed by atoms with Crippen molar-refractivity contribution >= 4 is 60.5 Å². The third-order valence-electron chi connectivity index (χ3n) is 4.14. The first-order chi connectivity index (χ1) is 14.1. The molecule has 0 atom stereocenters. The van der Waals surface area contributed by atoms with Crippen molar-refractivity contribution in [2.45, 2.75) is 11.4 Å². The zero-order chi connectivity index (χ0) is 22.1. The second-order valence-corrected chi connectivity index (χ2v) is 9.63. The lowest BCUT2D eigenvalue weighted by molar-refractivity contribution is -0.385. The second-order valence-electron chi connectivity index (χ2n) is 6.07. The Morgan fingerprint density at radius 1 is 1.03 bits per heavy atom. The van der Waals surface area contributed by atoms with Gasteiger partial charge in [0.15, 0.2) is 0 Å². The maximum absolute atomic E-state index is 14.5. The van der Waals surface area contributed by atoms with Crippen molar-refractivity contribution in [1.29, 1.82) is 0 Å². The Morgan fingerprint density at radius 3 is 2.37 bits per heavy atom. The van der Waals surface area contributed by atoms with E-state index < -0.39 is 37.9 Å². The minimum Gasteiger partial charge on any atom is -0.260 e. The van der Waals surface area contributed by atoms with Crippen LogP contribution in [0.1, 0.15) is 5.56 Å². The van der Waals surface area contributed by atoms with Crippen molar-refractivity contribution in [3.8, 4) is 0 Å². The standard InChI is InChI=1S/C19H12BrCl2FN2O4S/c20-13-6-5-12(17(23)9-13)11-24(18-4-2-1-3-15(18)21)30(28,29)19-10-14(25(26)27)7-8-16(19)22/h1-10H,11H2. The van der Waals surface area contributed by atoms with Gasteiger partial charge in [0, 0.05) is 22.2 Å². The predicted molar refractivity (Wildman–Crippen MR) is 117 cm³/mol. The normalized spacial score (nSPS) is 11.3. The lowest BCUT2D eigenvalue weighted by Gasteiger charge is -2.26. The summed E-state index contributed by atoms with van der Waals surface area (Å²) in [6, 6.07) is 13.4. The fourth-order valence-corrected chi connectivity index (χ4v) is 5.26. The molecule has 0 aliphatic carbocycles. The monoisotopic (exact) mass is 532 g/mol. The highest BCUT2D eigenvalue weighted by Gasteiger charge is 2.31. The first-order valence-corrected chi connectivity index (χ1v) is 11.3. The third-order valence-corrected chi connectivity index (χ3v) is 7.20. The number of nitro benzene ring substituents is 1. The summed E-state index contributed by atoms with van der Waals surface area (Å²) in [6.45, 7) is -0.412. The van der Waals surface area contributed by atoms with Crippen molar-refractivity contribution in [3.05, 3.63) is 96.7 Å². The first kappa shape index (κ1) is 22.5. The van der Waals surface area contributed by atoms with E-state index in [9.17, 15) is 22.9 Å². The zero-order valence-electron chi connectivity index (χ0n) is 14.9. The van der Waals surface area contributed by atoms with Crippen molar-refractivity contribution < 1.29 is 17.7 Å². The predicted octanol–water partition coefficient (Wildman–Crippen LogP) is 6.20. The van der Waals surface area contributed by atoms with E-state index in [-0.39, 0.29) is 21.3 Å². The van der Waals surface area contributed by atoms with E-state index in [2.05, 4.69) is 15.9 Å². The maximum Gasteiger partial charge on any atom is 0.270 e. The Labute approximate surface area is 190 Å². The van der Waals surface area contributed by atoms with Crippen LogP contribution in [0.3, 0.4) is 0 Å². The highest BCUT2D eigenvalue weighted by molar-refractivity contribution is 9.10. The van der Waals surface area contributed by atoms with Crippen LogP contribution in [0.4, 0.5) is 15.8 Å². The number of anilines is 1. The molecule has 0 saturated carbocycles. The van der Waals surface area contributed by atoms with Gasteiger partial charge in [-0.05, 0) is 30.3 Å². The number of rotatable bonds is 6. The van der Waals surface area contributed by atoms with Gasteiger partial charge in [0.25, 0.3) is 15.7 Å². The summed E-state index contributed by atoms with van der Waals surface area (Å²) in [4.78, 5) is 9.91. The number of hydrogen-bond donors (Lipinski definition) is 0. The molecule has 156 valence electrons. The average Bonchev–Trinajstić information content (AvgIpc) is 2.68. The Kier molecular flexibility index (Phi) is 6.66. The quantitative estimate of drug-likeness (QED) is 0.279. The summed E-state index contributed by atoms with van der Waals surface area (Å²) in [7, 11) is -4.45. The van der Waals surface area contributed by atoms with Gasteiger partial charge >= 0.3 is 0 Å². The summed E-state index contributed by atoms with van der Waals surface area (Å²) in [5.74, 6) is -0.637. The van der Waals surface area contributed by atoms with E-state index in [4.69, 9.17) is 23.2 Å². The minimum absolute atomic E-state index is 0.0725. The van der Waals surface area contributed by atoms with Gasteiger partial charge in [0.2, 0.25) is 0 Å². The Balaban J connectivity index is 2.20. The topological polar surface area (TPSA) is 80.5 Å². The smallest absolute Gasteiger partial charge is 0.260 e. The van der Waals surface area contributed by atoms with Crippen LogP contribution in [0.5, 0.6) is 0 Å². The van der Waals surface area contributed by atoms with E-state index in [0.29, 0.717) is 4.47 Å². The van der Waals surface area contributed by atoms with Gasteiger partial charge in [-0.15, -0.1) is 0 Å². The van der Waals surface area contributed by atoms with Gasteiger partial charge in [-0.2, -0.15) is 0 Å². The highest BCUT2D eigenvalue weighted by atomic mass is 79.9. The summed E-state index contributed by atoms with van der Waals surface area (Å²) in [6.07, 6.45) is 0. The fraction of sp³-hybridized carbons (Fsp3) is 0.0526. The molecule has 0 spiro atoms. The van der Waals surface area contributed by atoms with Gasteiger partial charge in [-0.1, -0.05) is 57.3 Å². The fourth-order valence-electron chi connectivity index (χ4n) is 2.68. The molecule has 0 fully saturated rings. The van der Waals surface area contributed by atoms with Crippen LogP contribution in [0, 0.1) is 15.9 Å². The lowest BCUT2D eigenvalue weighted by atomic mass is 10.2. The molecule has 0 bridgehead atoms. The van der Waals surface area contributed by atoms with E-state index >= 15 is 0 Å². The molecule has 6 nitrogen and oxygen atoms in total. The minimum atomic E-state index is -4.45. The molecule has 0 amide bonds. The highest BCUT2D eigenvalue weighted by Crippen LogP contribution is 2.36. The van der Waals surface area contributed by atoms with E-state index in [0.717, 1.165) is 22.5 Å². The molecule has 3 aromatic carbocycles. The summed E-state index contributed by atoms with van der Waals surface area (Å²) < 4.78 is 42.8. The molecule has 3 aromatic rings. The SMILES string of the molecule is O=[N+]([O-])c1ccc(Cl)c(S(=O)(=O)N(Cc2ccc(Br)cc2F)c2ccccc2Cl)c1.